The molecule has 0 aliphatic rings. The Bertz CT molecular complexity index is 174. The Balaban J connectivity index is -0.000000213. The predicted molar refractivity (Wildman–Crippen MR) is 51.4 cm³/mol. The van der Waals surface area contributed by atoms with Crippen molar-refractivity contribution in [1.82, 2.24) is 0 Å². The summed E-state index contributed by atoms with van der Waals surface area (Å²) in [5.74, 6) is 0. The average molecular weight is 278 g/mol. The van der Waals surface area contributed by atoms with E-state index in [0.29, 0.717) is 0 Å². The van der Waals surface area contributed by atoms with Gasteiger partial charge in [0, 0.05) is 3.57 Å². The van der Waals surface area contributed by atoms with Crippen molar-refractivity contribution >= 4 is 22.6 Å². The van der Waals surface area contributed by atoms with E-state index in [1.165, 1.54) is 9.13 Å². The zero-order valence-corrected chi connectivity index (χ0v) is 8.07. The van der Waals surface area contributed by atoms with Gasteiger partial charge >= 0.3 is 0 Å². The van der Waals surface area contributed by atoms with Crippen LogP contribution in [0, 0.1) is 10.5 Å². The minimum absolute atomic E-state index is 0. The van der Waals surface area contributed by atoms with Gasteiger partial charge in [-0.3, -0.25) is 14.1 Å². The van der Waals surface area contributed by atoms with Crippen LogP contribution >= 0.6 is 22.6 Å². The van der Waals surface area contributed by atoms with Gasteiger partial charge in [-0.1, -0.05) is 17.7 Å². The summed E-state index contributed by atoms with van der Waals surface area (Å²) in [5, 5.41) is 0. The molecule has 0 bridgehead atoms. The Kier molecular flexibility index (Phi) is 12.1. The number of rotatable bonds is 0. The smallest absolute Gasteiger partial charge is 0.0132 e. The molecule has 0 atom stereocenters. The maximum absolute atomic E-state index is 2.31. The fourth-order valence-corrected chi connectivity index (χ4v) is 1.30. The van der Waals surface area contributed by atoms with Gasteiger partial charge in [0.1, 0.15) is 0 Å². The Hall–Kier alpha value is -0.260. The van der Waals surface area contributed by atoms with Crippen molar-refractivity contribution < 1.29 is 14.1 Å². The fraction of sp³-hybridized carbons (Fsp3) is 0.143. The molecular weight excluding hydrogens is 268 g/mol. The first-order chi connectivity index (χ1) is 3.79. The third kappa shape index (κ3) is 6.15. The topological polar surface area (TPSA) is 0 Å². The molecule has 0 unspecified atom stereocenters. The monoisotopic (exact) mass is 278 g/mol. The highest BCUT2D eigenvalue weighted by Crippen LogP contribution is 2.05. The molecule has 0 aliphatic carbocycles. The zero-order valence-electron chi connectivity index (χ0n) is 5.91. The lowest BCUT2D eigenvalue weighted by molar-refractivity contribution is 1.11. The standard InChI is InChI=1S/C7H7I.3FH/c1-6-3-2-4-7(8)5-6;;;/h2-5H,1H3;3*1H. The van der Waals surface area contributed by atoms with E-state index in [1.54, 1.807) is 0 Å². The van der Waals surface area contributed by atoms with Gasteiger partial charge in [-0.25, -0.2) is 0 Å². The molecule has 0 saturated carbocycles. The van der Waals surface area contributed by atoms with Gasteiger partial charge in [0.25, 0.3) is 0 Å². The summed E-state index contributed by atoms with van der Waals surface area (Å²) < 4.78 is 1.31. The van der Waals surface area contributed by atoms with Crippen LogP contribution in [0.4, 0.5) is 14.1 Å². The van der Waals surface area contributed by atoms with Crippen LogP contribution in [-0.4, -0.2) is 0 Å². The highest BCUT2D eigenvalue weighted by Gasteiger charge is 1.82. The van der Waals surface area contributed by atoms with E-state index in [1.807, 2.05) is 0 Å². The first-order valence-corrected chi connectivity index (χ1v) is 3.59. The molecule has 0 aliphatic heterocycles. The maximum atomic E-state index is 2.31. The lowest BCUT2D eigenvalue weighted by atomic mass is 10.2. The highest BCUT2D eigenvalue weighted by atomic mass is 127. The molecule has 1 rings (SSSR count). The van der Waals surface area contributed by atoms with Gasteiger partial charge in [0.15, 0.2) is 0 Å². The summed E-state index contributed by atoms with van der Waals surface area (Å²) in [6, 6.07) is 8.41. The quantitative estimate of drug-likeness (QED) is 0.640. The van der Waals surface area contributed by atoms with Crippen molar-refractivity contribution in [3.8, 4) is 0 Å². The van der Waals surface area contributed by atoms with E-state index in [-0.39, 0.29) is 14.1 Å². The largest absolute Gasteiger partial charge is 0.269 e. The molecule has 0 radical (unpaired) electrons. The van der Waals surface area contributed by atoms with Gasteiger partial charge in [-0.2, -0.15) is 0 Å². The van der Waals surface area contributed by atoms with Gasteiger partial charge in [-0.05, 0) is 41.6 Å². The van der Waals surface area contributed by atoms with Crippen LogP contribution < -0.4 is 0 Å². The van der Waals surface area contributed by atoms with E-state index < -0.39 is 0 Å². The van der Waals surface area contributed by atoms with E-state index in [0.717, 1.165) is 0 Å². The summed E-state index contributed by atoms with van der Waals surface area (Å²) in [6.45, 7) is 2.10. The Labute approximate surface area is 77.2 Å². The Morgan fingerprint density at radius 3 is 1.91 bits per heavy atom. The molecule has 66 valence electrons. The lowest BCUT2D eigenvalue weighted by Crippen LogP contribution is -1.70. The minimum atomic E-state index is 0. The third-order valence-electron chi connectivity index (χ3n) is 0.980. The number of hydrogen-bond donors (Lipinski definition) is 0. The molecule has 1 aromatic carbocycles. The predicted octanol–water partition coefficient (Wildman–Crippen LogP) is 3.06. The molecular formula is C7H10F3I. The number of aryl methyl sites for hydroxylation is 1. The van der Waals surface area contributed by atoms with Gasteiger partial charge in [-0.15, -0.1) is 0 Å². The highest BCUT2D eigenvalue weighted by molar-refractivity contribution is 14.1. The fourth-order valence-electron chi connectivity index (χ4n) is 0.606. The number of benzene rings is 1. The SMILES string of the molecule is Cc1cccc(I)c1.F.F.F. The number of halogens is 4. The minimum Gasteiger partial charge on any atom is -0.269 e. The van der Waals surface area contributed by atoms with Crippen LogP contribution in [0.3, 0.4) is 0 Å². The summed E-state index contributed by atoms with van der Waals surface area (Å²) >= 11 is 2.31. The van der Waals surface area contributed by atoms with Crippen molar-refractivity contribution in [2.45, 2.75) is 6.92 Å². The molecule has 4 heteroatoms. The van der Waals surface area contributed by atoms with Crippen molar-refractivity contribution in [3.63, 3.8) is 0 Å². The second-order valence-electron chi connectivity index (χ2n) is 1.80. The van der Waals surface area contributed by atoms with E-state index in [4.69, 9.17) is 0 Å². The second-order valence-corrected chi connectivity index (χ2v) is 3.04. The third-order valence-corrected chi connectivity index (χ3v) is 1.65. The van der Waals surface area contributed by atoms with Crippen molar-refractivity contribution in [1.29, 1.82) is 0 Å². The Morgan fingerprint density at radius 1 is 1.09 bits per heavy atom. The summed E-state index contributed by atoms with van der Waals surface area (Å²) in [4.78, 5) is 0. The van der Waals surface area contributed by atoms with E-state index in [2.05, 4.69) is 53.8 Å². The van der Waals surface area contributed by atoms with Gasteiger partial charge in [0.2, 0.25) is 0 Å². The van der Waals surface area contributed by atoms with Gasteiger partial charge < -0.3 is 0 Å². The molecule has 0 nitrogen and oxygen atoms in total. The van der Waals surface area contributed by atoms with Crippen LogP contribution in [0.15, 0.2) is 24.3 Å². The van der Waals surface area contributed by atoms with Crippen molar-refractivity contribution in [2.75, 3.05) is 0 Å². The van der Waals surface area contributed by atoms with Crippen LogP contribution in [0.25, 0.3) is 0 Å². The molecule has 0 aromatic heterocycles. The lowest BCUT2D eigenvalue weighted by Gasteiger charge is -1.89. The first-order valence-electron chi connectivity index (χ1n) is 2.51. The van der Waals surface area contributed by atoms with E-state index in [9.17, 15) is 0 Å². The molecule has 0 fully saturated rings. The normalized spacial score (nSPS) is 6.73. The van der Waals surface area contributed by atoms with Crippen molar-refractivity contribution in [3.05, 3.63) is 33.4 Å². The summed E-state index contributed by atoms with van der Waals surface area (Å²) in [6.07, 6.45) is 0. The molecule has 0 N–H and O–H groups in total. The van der Waals surface area contributed by atoms with Gasteiger partial charge in [0.05, 0.1) is 0 Å². The second kappa shape index (κ2) is 7.84. The first kappa shape index (κ1) is 17.0. The zero-order chi connectivity index (χ0) is 5.98. The molecule has 1 aromatic rings. The average Bonchev–Trinajstić information content (AvgIpc) is 1.64. The van der Waals surface area contributed by atoms with Crippen LogP contribution in [-0.2, 0) is 0 Å². The van der Waals surface area contributed by atoms with Crippen LogP contribution in [0.5, 0.6) is 0 Å². The van der Waals surface area contributed by atoms with E-state index >= 15 is 0 Å². The molecule has 0 amide bonds. The van der Waals surface area contributed by atoms with Crippen LogP contribution in [0.1, 0.15) is 5.56 Å². The molecule has 0 saturated heterocycles. The summed E-state index contributed by atoms with van der Waals surface area (Å²) in [7, 11) is 0. The summed E-state index contributed by atoms with van der Waals surface area (Å²) in [5.41, 5.74) is 1.33. The van der Waals surface area contributed by atoms with Crippen molar-refractivity contribution in [2.24, 2.45) is 0 Å². The molecule has 11 heavy (non-hydrogen) atoms. The number of hydrogen-bond acceptors (Lipinski definition) is 0. The molecule has 0 heterocycles. The molecule has 0 spiro atoms. The maximum Gasteiger partial charge on any atom is 0.0132 e. The Morgan fingerprint density at radius 2 is 1.64 bits per heavy atom. The van der Waals surface area contributed by atoms with Crippen LogP contribution in [0.2, 0.25) is 0 Å².